The van der Waals surface area contributed by atoms with Gasteiger partial charge in [-0.3, -0.25) is 9.59 Å². The van der Waals surface area contributed by atoms with Crippen LogP contribution in [0.25, 0.3) is 0 Å². The molecule has 1 aromatic rings. The molecule has 8 nitrogen and oxygen atoms in total. The third-order valence-corrected chi connectivity index (χ3v) is 8.59. The molecule has 2 fully saturated rings. The maximum absolute atomic E-state index is 13.7. The Bertz CT molecular complexity index is 944. The van der Waals surface area contributed by atoms with Crippen molar-refractivity contribution in [2.45, 2.75) is 82.1 Å². The van der Waals surface area contributed by atoms with Gasteiger partial charge in [0, 0.05) is 38.1 Å². The SMILES string of the molecule is O=C(NCCO)C1=C[C@H](Oc2ccccc2I)[C@@H](O)[C@H](N(C[C@H]2CCCO2)C(=O)CCC2CCCC2)C1. The highest BCUT2D eigenvalue weighted by Gasteiger charge is 2.41. The summed E-state index contributed by atoms with van der Waals surface area (Å²) < 4.78 is 13.0. The Balaban J connectivity index is 1.58. The molecule has 0 radical (unpaired) electrons. The summed E-state index contributed by atoms with van der Waals surface area (Å²) in [4.78, 5) is 28.4. The molecule has 0 bridgehead atoms. The van der Waals surface area contributed by atoms with E-state index in [0.717, 1.165) is 22.8 Å². The summed E-state index contributed by atoms with van der Waals surface area (Å²) in [7, 11) is 0. The van der Waals surface area contributed by atoms with Crippen molar-refractivity contribution in [3.05, 3.63) is 39.5 Å². The molecule has 2 amide bonds. The minimum atomic E-state index is -1.01. The molecular formula is C28H39IN2O6. The molecule has 3 N–H and O–H groups in total. The number of para-hydroxylation sites is 1. The largest absolute Gasteiger partial charge is 0.482 e. The number of benzene rings is 1. The number of nitrogens with one attached hydrogen (secondary N) is 1. The highest BCUT2D eigenvalue weighted by Crippen LogP contribution is 2.32. The lowest BCUT2D eigenvalue weighted by atomic mass is 9.87. The first-order valence-electron chi connectivity index (χ1n) is 13.6. The quantitative estimate of drug-likeness (QED) is 0.326. The zero-order chi connectivity index (χ0) is 26.2. The number of aliphatic hydroxyl groups is 2. The Hall–Kier alpha value is -1.69. The summed E-state index contributed by atoms with van der Waals surface area (Å²) in [6, 6.07) is 6.89. The molecule has 1 saturated heterocycles. The smallest absolute Gasteiger partial charge is 0.247 e. The van der Waals surface area contributed by atoms with E-state index in [0.29, 0.717) is 36.8 Å². The number of hydrogen-bond acceptors (Lipinski definition) is 6. The van der Waals surface area contributed by atoms with Crippen LogP contribution in [0.4, 0.5) is 0 Å². The van der Waals surface area contributed by atoms with Gasteiger partial charge in [0.2, 0.25) is 11.8 Å². The molecule has 2 aliphatic carbocycles. The average molecular weight is 627 g/mol. The lowest BCUT2D eigenvalue weighted by Gasteiger charge is -2.41. The molecule has 4 atom stereocenters. The lowest BCUT2D eigenvalue weighted by Crippen LogP contribution is -2.56. The van der Waals surface area contributed by atoms with Gasteiger partial charge in [-0.1, -0.05) is 37.8 Å². The predicted octanol–water partition coefficient (Wildman–Crippen LogP) is 3.18. The van der Waals surface area contributed by atoms with E-state index in [1.54, 1.807) is 11.0 Å². The van der Waals surface area contributed by atoms with Crippen LogP contribution in [-0.2, 0) is 14.3 Å². The predicted molar refractivity (Wildman–Crippen MR) is 148 cm³/mol. The summed E-state index contributed by atoms with van der Waals surface area (Å²) in [5.74, 6) is 0.868. The molecule has 3 aliphatic rings. The van der Waals surface area contributed by atoms with Gasteiger partial charge in [0.15, 0.2) is 0 Å². The zero-order valence-corrected chi connectivity index (χ0v) is 23.5. The average Bonchev–Trinajstić information content (AvgIpc) is 3.61. The summed E-state index contributed by atoms with van der Waals surface area (Å²) in [6.45, 7) is 1.03. The Morgan fingerprint density at radius 2 is 1.95 bits per heavy atom. The van der Waals surface area contributed by atoms with Crippen molar-refractivity contribution in [1.82, 2.24) is 10.2 Å². The molecule has 0 unspecified atom stereocenters. The Labute approximate surface area is 232 Å². The van der Waals surface area contributed by atoms with Gasteiger partial charge in [0.25, 0.3) is 0 Å². The van der Waals surface area contributed by atoms with Crippen LogP contribution in [-0.4, -0.2) is 77.6 Å². The number of amides is 2. The molecule has 1 heterocycles. The number of aliphatic hydroxyl groups excluding tert-OH is 2. The van der Waals surface area contributed by atoms with Crippen LogP contribution in [0.2, 0.25) is 0 Å². The van der Waals surface area contributed by atoms with Crippen LogP contribution in [0.5, 0.6) is 5.75 Å². The summed E-state index contributed by atoms with van der Waals surface area (Å²) in [5.41, 5.74) is 0.445. The Kier molecular flexibility index (Phi) is 10.6. The van der Waals surface area contributed by atoms with Gasteiger partial charge < -0.3 is 29.9 Å². The second-order valence-electron chi connectivity index (χ2n) is 10.3. The van der Waals surface area contributed by atoms with Crippen molar-refractivity contribution in [2.24, 2.45) is 5.92 Å². The standard InChI is InChI=1S/C28H39IN2O6/c29-22-9-3-4-10-24(22)37-25-17-20(28(35)30-13-14-32)16-23(27(25)34)31(18-21-8-5-15-36-21)26(33)12-11-19-6-1-2-7-19/h3-4,9-10,17,19,21,23,25,27,32,34H,1-2,5-8,11-16,18H2,(H,30,35)/t21-,23-,25+,27+/m1/s1. The van der Waals surface area contributed by atoms with Crippen LogP contribution in [0.15, 0.2) is 35.9 Å². The van der Waals surface area contributed by atoms with E-state index in [1.165, 1.54) is 25.7 Å². The molecule has 0 aromatic heterocycles. The number of ether oxygens (including phenoxy) is 2. The number of nitrogens with zero attached hydrogens (tertiary/aromatic N) is 1. The highest BCUT2D eigenvalue weighted by molar-refractivity contribution is 14.1. The molecule has 1 aromatic carbocycles. The normalized spacial score (nSPS) is 26.1. The number of hydrogen-bond donors (Lipinski definition) is 3. The number of carbonyl (C=O) groups excluding carboxylic acids is 2. The highest BCUT2D eigenvalue weighted by atomic mass is 127. The molecule has 204 valence electrons. The van der Waals surface area contributed by atoms with Crippen molar-refractivity contribution in [2.75, 3.05) is 26.3 Å². The van der Waals surface area contributed by atoms with Crippen molar-refractivity contribution in [1.29, 1.82) is 0 Å². The van der Waals surface area contributed by atoms with E-state index < -0.39 is 18.2 Å². The molecule has 37 heavy (non-hydrogen) atoms. The molecule has 1 aliphatic heterocycles. The van der Waals surface area contributed by atoms with E-state index in [4.69, 9.17) is 9.47 Å². The topological polar surface area (TPSA) is 108 Å². The van der Waals surface area contributed by atoms with Crippen molar-refractivity contribution < 1.29 is 29.3 Å². The van der Waals surface area contributed by atoms with E-state index in [9.17, 15) is 19.8 Å². The Morgan fingerprint density at radius 1 is 1.16 bits per heavy atom. The van der Waals surface area contributed by atoms with Gasteiger partial charge in [-0.05, 0) is 66.0 Å². The monoisotopic (exact) mass is 626 g/mol. The fourth-order valence-electron chi connectivity index (χ4n) is 5.67. The fraction of sp³-hybridized carbons (Fsp3) is 0.643. The van der Waals surface area contributed by atoms with E-state index >= 15 is 0 Å². The van der Waals surface area contributed by atoms with Gasteiger partial charge in [0.05, 0.1) is 22.3 Å². The molecule has 9 heteroatoms. The zero-order valence-electron chi connectivity index (χ0n) is 21.3. The maximum atomic E-state index is 13.7. The molecule has 4 rings (SSSR count). The van der Waals surface area contributed by atoms with Crippen molar-refractivity contribution in [3.63, 3.8) is 0 Å². The first-order chi connectivity index (χ1) is 18.0. The summed E-state index contributed by atoms with van der Waals surface area (Å²) >= 11 is 2.18. The summed E-state index contributed by atoms with van der Waals surface area (Å²) in [6.07, 6.45) is 7.90. The minimum absolute atomic E-state index is 0.00323. The lowest BCUT2D eigenvalue weighted by molar-refractivity contribution is -0.141. The van der Waals surface area contributed by atoms with Crippen LogP contribution >= 0.6 is 22.6 Å². The van der Waals surface area contributed by atoms with Crippen LogP contribution in [0.1, 0.15) is 57.8 Å². The summed E-state index contributed by atoms with van der Waals surface area (Å²) in [5, 5.41) is 23.5. The first kappa shape index (κ1) is 28.3. The van der Waals surface area contributed by atoms with E-state index in [2.05, 4.69) is 27.9 Å². The van der Waals surface area contributed by atoms with Crippen LogP contribution < -0.4 is 10.1 Å². The second-order valence-corrected chi connectivity index (χ2v) is 11.5. The Morgan fingerprint density at radius 3 is 2.65 bits per heavy atom. The van der Waals surface area contributed by atoms with Gasteiger partial charge in [-0.2, -0.15) is 0 Å². The third kappa shape index (κ3) is 7.68. The van der Waals surface area contributed by atoms with Gasteiger partial charge in [-0.15, -0.1) is 0 Å². The van der Waals surface area contributed by atoms with Gasteiger partial charge in [0.1, 0.15) is 18.0 Å². The number of rotatable bonds is 11. The van der Waals surface area contributed by atoms with Crippen LogP contribution in [0.3, 0.4) is 0 Å². The van der Waals surface area contributed by atoms with E-state index in [1.807, 2.05) is 24.3 Å². The van der Waals surface area contributed by atoms with Gasteiger partial charge in [-0.25, -0.2) is 0 Å². The van der Waals surface area contributed by atoms with E-state index in [-0.39, 0.29) is 37.5 Å². The van der Waals surface area contributed by atoms with Crippen LogP contribution in [0, 0.1) is 9.49 Å². The number of halogens is 1. The molecule has 1 saturated carbocycles. The third-order valence-electron chi connectivity index (χ3n) is 7.70. The minimum Gasteiger partial charge on any atom is -0.482 e. The fourth-order valence-corrected chi connectivity index (χ4v) is 6.18. The van der Waals surface area contributed by atoms with Gasteiger partial charge >= 0.3 is 0 Å². The number of carbonyl (C=O) groups is 2. The van der Waals surface area contributed by atoms with Crippen molar-refractivity contribution in [3.8, 4) is 5.75 Å². The maximum Gasteiger partial charge on any atom is 0.247 e. The molecular weight excluding hydrogens is 587 g/mol. The molecule has 0 spiro atoms. The van der Waals surface area contributed by atoms with Crippen molar-refractivity contribution >= 4 is 34.4 Å². The second kappa shape index (κ2) is 13.9. The first-order valence-corrected chi connectivity index (χ1v) is 14.6.